The van der Waals surface area contributed by atoms with Gasteiger partial charge in [-0.3, -0.25) is 0 Å². The van der Waals surface area contributed by atoms with Crippen molar-refractivity contribution in [1.29, 1.82) is 0 Å². The van der Waals surface area contributed by atoms with E-state index < -0.39 is 0 Å². The third-order valence-corrected chi connectivity index (χ3v) is 4.95. The molecule has 2 heterocycles. The van der Waals surface area contributed by atoms with Crippen molar-refractivity contribution in [1.82, 2.24) is 0 Å². The lowest BCUT2D eigenvalue weighted by Crippen LogP contribution is -1.79. The van der Waals surface area contributed by atoms with E-state index in [2.05, 4.69) is 53.9 Å². The van der Waals surface area contributed by atoms with Gasteiger partial charge < -0.3 is 4.74 Å². The fraction of sp³-hybridized carbons (Fsp3) is 0.125. The first-order valence-corrected chi connectivity index (χ1v) is 7.78. The molecule has 0 aliphatic heterocycles. The van der Waals surface area contributed by atoms with E-state index in [1.807, 2.05) is 0 Å². The maximum atomic E-state index is 5.16. The minimum atomic E-state index is 0.692. The van der Waals surface area contributed by atoms with Gasteiger partial charge in [0.1, 0.15) is 0 Å². The second-order valence-electron chi connectivity index (χ2n) is 4.25. The second kappa shape index (κ2) is 5.70. The Balaban J connectivity index is 1.85. The molecule has 3 aromatic rings. The van der Waals surface area contributed by atoms with Crippen LogP contribution < -0.4 is 0 Å². The van der Waals surface area contributed by atoms with Crippen LogP contribution in [0.15, 0.2) is 53.9 Å². The number of hydrogen-bond acceptors (Lipinski definition) is 3. The fourth-order valence-corrected chi connectivity index (χ4v) is 3.71. The highest BCUT2D eigenvalue weighted by Crippen LogP contribution is 2.31. The lowest BCUT2D eigenvalue weighted by molar-refractivity contribution is 0.187. The van der Waals surface area contributed by atoms with E-state index in [4.69, 9.17) is 4.74 Å². The van der Waals surface area contributed by atoms with Crippen LogP contribution in [0.2, 0.25) is 0 Å². The molecule has 0 aliphatic rings. The van der Waals surface area contributed by atoms with Crippen molar-refractivity contribution in [3.05, 3.63) is 58.8 Å². The summed E-state index contributed by atoms with van der Waals surface area (Å²) in [6.45, 7) is 0.692. The summed E-state index contributed by atoms with van der Waals surface area (Å²) in [7, 11) is 1.73. The Morgan fingerprint density at radius 2 is 1.63 bits per heavy atom. The van der Waals surface area contributed by atoms with Crippen LogP contribution in [0.5, 0.6) is 0 Å². The summed E-state index contributed by atoms with van der Waals surface area (Å²) in [4.78, 5) is 3.88. The zero-order chi connectivity index (χ0) is 13.1. The van der Waals surface area contributed by atoms with Gasteiger partial charge in [0.05, 0.1) is 6.61 Å². The molecular formula is C16H14OS2. The van der Waals surface area contributed by atoms with Crippen LogP contribution in [0.3, 0.4) is 0 Å². The molecule has 0 unspecified atom stereocenters. The van der Waals surface area contributed by atoms with Gasteiger partial charge in [-0.15, -0.1) is 22.7 Å². The van der Waals surface area contributed by atoms with E-state index in [1.165, 1.54) is 25.8 Å². The van der Waals surface area contributed by atoms with Gasteiger partial charge in [0.25, 0.3) is 0 Å². The Bertz CT molecular complexity index is 636. The molecule has 0 aliphatic carbocycles. The first kappa shape index (κ1) is 12.6. The number of hydrogen-bond donors (Lipinski definition) is 0. The molecular weight excluding hydrogens is 272 g/mol. The van der Waals surface area contributed by atoms with E-state index in [0.717, 1.165) is 0 Å². The van der Waals surface area contributed by atoms with Gasteiger partial charge in [0, 0.05) is 21.7 Å². The minimum Gasteiger partial charge on any atom is -0.379 e. The number of methoxy groups -OCH3 is 1. The van der Waals surface area contributed by atoms with E-state index in [9.17, 15) is 0 Å². The van der Waals surface area contributed by atoms with Crippen molar-refractivity contribution in [2.24, 2.45) is 0 Å². The Kier molecular flexibility index (Phi) is 3.78. The molecule has 0 saturated carbocycles. The Morgan fingerprint density at radius 3 is 2.26 bits per heavy atom. The van der Waals surface area contributed by atoms with Crippen molar-refractivity contribution in [3.63, 3.8) is 0 Å². The van der Waals surface area contributed by atoms with Gasteiger partial charge in [0.15, 0.2) is 0 Å². The Labute approximate surface area is 121 Å². The normalized spacial score (nSPS) is 10.8. The Hall–Kier alpha value is -1.42. The molecule has 2 aromatic heterocycles. The predicted octanol–water partition coefficient (Wildman–Crippen LogP) is 5.29. The standard InChI is InChI=1S/C16H14OS2/c1-17-11-14-8-9-16(19-14)13-6-4-12(5-7-13)15-3-2-10-18-15/h2-10H,11H2,1H3. The molecule has 0 fully saturated rings. The minimum absolute atomic E-state index is 0.692. The lowest BCUT2D eigenvalue weighted by atomic mass is 10.1. The van der Waals surface area contributed by atoms with Gasteiger partial charge in [-0.05, 0) is 34.7 Å². The van der Waals surface area contributed by atoms with Gasteiger partial charge in [-0.2, -0.15) is 0 Å². The zero-order valence-electron chi connectivity index (χ0n) is 10.6. The summed E-state index contributed by atoms with van der Waals surface area (Å²) >= 11 is 3.57. The van der Waals surface area contributed by atoms with Crippen LogP contribution in [0.4, 0.5) is 0 Å². The van der Waals surface area contributed by atoms with Crippen molar-refractivity contribution >= 4 is 22.7 Å². The van der Waals surface area contributed by atoms with Gasteiger partial charge in [-0.1, -0.05) is 30.3 Å². The summed E-state index contributed by atoms with van der Waals surface area (Å²) in [5.74, 6) is 0. The van der Waals surface area contributed by atoms with Crippen LogP contribution in [0.1, 0.15) is 4.88 Å². The smallest absolute Gasteiger partial charge is 0.0805 e. The van der Waals surface area contributed by atoms with E-state index in [0.29, 0.717) is 6.61 Å². The fourth-order valence-electron chi connectivity index (χ4n) is 1.99. The zero-order valence-corrected chi connectivity index (χ0v) is 12.3. The molecule has 0 saturated heterocycles. The van der Waals surface area contributed by atoms with Crippen LogP contribution in [0, 0.1) is 0 Å². The molecule has 0 atom stereocenters. The number of ether oxygens (including phenoxy) is 1. The Morgan fingerprint density at radius 1 is 0.895 bits per heavy atom. The molecule has 3 heteroatoms. The van der Waals surface area contributed by atoms with E-state index in [-0.39, 0.29) is 0 Å². The molecule has 19 heavy (non-hydrogen) atoms. The first-order valence-electron chi connectivity index (χ1n) is 6.09. The van der Waals surface area contributed by atoms with Crippen molar-refractivity contribution in [2.75, 3.05) is 7.11 Å². The molecule has 0 bridgehead atoms. The molecule has 0 spiro atoms. The molecule has 0 amide bonds. The summed E-state index contributed by atoms with van der Waals surface area (Å²) < 4.78 is 5.16. The monoisotopic (exact) mass is 286 g/mol. The van der Waals surface area contributed by atoms with E-state index in [1.54, 1.807) is 29.8 Å². The van der Waals surface area contributed by atoms with Crippen LogP contribution >= 0.6 is 22.7 Å². The predicted molar refractivity (Wildman–Crippen MR) is 83.8 cm³/mol. The van der Waals surface area contributed by atoms with Crippen LogP contribution in [-0.4, -0.2) is 7.11 Å². The van der Waals surface area contributed by atoms with Gasteiger partial charge in [0.2, 0.25) is 0 Å². The van der Waals surface area contributed by atoms with Crippen molar-refractivity contribution in [2.45, 2.75) is 6.61 Å². The maximum Gasteiger partial charge on any atom is 0.0805 e. The molecule has 96 valence electrons. The lowest BCUT2D eigenvalue weighted by Gasteiger charge is -2.00. The van der Waals surface area contributed by atoms with E-state index >= 15 is 0 Å². The summed E-state index contributed by atoms with van der Waals surface area (Å²) in [5.41, 5.74) is 2.56. The largest absolute Gasteiger partial charge is 0.379 e. The van der Waals surface area contributed by atoms with Crippen LogP contribution in [0.25, 0.3) is 20.9 Å². The third-order valence-electron chi connectivity index (χ3n) is 2.92. The number of thiophene rings is 2. The second-order valence-corrected chi connectivity index (χ2v) is 6.37. The maximum absolute atomic E-state index is 5.16. The van der Waals surface area contributed by atoms with Gasteiger partial charge >= 0.3 is 0 Å². The summed E-state index contributed by atoms with van der Waals surface area (Å²) in [6, 6.07) is 17.3. The first-order chi connectivity index (χ1) is 9.36. The summed E-state index contributed by atoms with van der Waals surface area (Å²) in [6.07, 6.45) is 0. The highest BCUT2D eigenvalue weighted by atomic mass is 32.1. The highest BCUT2D eigenvalue weighted by molar-refractivity contribution is 7.15. The van der Waals surface area contributed by atoms with Crippen molar-refractivity contribution < 1.29 is 4.74 Å². The number of benzene rings is 1. The number of rotatable bonds is 4. The topological polar surface area (TPSA) is 9.23 Å². The highest BCUT2D eigenvalue weighted by Gasteiger charge is 2.04. The summed E-state index contributed by atoms with van der Waals surface area (Å²) in [5, 5.41) is 2.11. The quantitative estimate of drug-likeness (QED) is 0.633. The third kappa shape index (κ3) is 2.78. The van der Waals surface area contributed by atoms with Gasteiger partial charge in [-0.25, -0.2) is 0 Å². The molecule has 3 rings (SSSR count). The average molecular weight is 286 g/mol. The van der Waals surface area contributed by atoms with Crippen LogP contribution in [-0.2, 0) is 11.3 Å². The molecule has 0 radical (unpaired) electrons. The van der Waals surface area contributed by atoms with Crippen molar-refractivity contribution in [3.8, 4) is 20.9 Å². The molecule has 1 nitrogen and oxygen atoms in total. The average Bonchev–Trinajstić information content (AvgIpc) is 3.10. The molecule has 0 N–H and O–H groups in total. The SMILES string of the molecule is COCc1ccc(-c2ccc(-c3cccs3)cc2)s1. The molecule has 1 aromatic carbocycles.